The number of nitrogens with zero attached hydrogens (tertiary/aromatic N) is 5. The van der Waals surface area contributed by atoms with Gasteiger partial charge in [0, 0.05) is 42.1 Å². The van der Waals surface area contributed by atoms with Gasteiger partial charge in [-0.1, -0.05) is 18.7 Å². The Hall–Kier alpha value is -4.37. The smallest absolute Gasteiger partial charge is 0.247 e. The lowest BCUT2D eigenvalue weighted by atomic mass is 10.1. The molecule has 2 N–H and O–H groups in total. The largest absolute Gasteiger partial charge is 0.378 e. The molecule has 170 valence electrons. The summed E-state index contributed by atoms with van der Waals surface area (Å²) in [6.07, 6.45) is 6.48. The average molecular weight is 454 g/mol. The molecule has 5 rings (SSSR count). The fourth-order valence-corrected chi connectivity index (χ4v) is 3.73. The summed E-state index contributed by atoms with van der Waals surface area (Å²) in [7, 11) is 0. The van der Waals surface area contributed by atoms with Crippen LogP contribution in [0.3, 0.4) is 0 Å². The number of nitrogens with one attached hydrogen (secondary N) is 2. The molecule has 0 aliphatic carbocycles. The highest BCUT2D eigenvalue weighted by molar-refractivity contribution is 5.99. The lowest BCUT2D eigenvalue weighted by Gasteiger charge is -2.27. The van der Waals surface area contributed by atoms with E-state index in [1.165, 1.54) is 6.08 Å². The number of aromatic nitrogens is 4. The molecule has 9 nitrogen and oxygen atoms in total. The van der Waals surface area contributed by atoms with Gasteiger partial charge < -0.3 is 20.3 Å². The van der Waals surface area contributed by atoms with Gasteiger partial charge in [0.1, 0.15) is 11.3 Å². The minimum absolute atomic E-state index is 0.273. The van der Waals surface area contributed by atoms with Crippen LogP contribution in [-0.2, 0) is 9.53 Å². The van der Waals surface area contributed by atoms with Gasteiger partial charge in [-0.3, -0.25) is 9.78 Å². The minimum Gasteiger partial charge on any atom is -0.378 e. The molecule has 1 saturated heterocycles. The van der Waals surface area contributed by atoms with Crippen LogP contribution in [0.4, 0.5) is 23.1 Å². The summed E-state index contributed by atoms with van der Waals surface area (Å²) in [5.74, 6) is 1.09. The standard InChI is InChI=1S/C25H23N7O2/c1-2-22(33)29-19-5-3-4-17(14-19)23-24-18(8-9-26-23)15-28-25(31-24)30-20-6-7-21(27-16-20)32-10-12-34-13-11-32/h2-9,14-16H,1,10-13H2,(H,29,33)(H,28,30,31). The zero-order valence-electron chi connectivity index (χ0n) is 18.4. The van der Waals surface area contributed by atoms with Gasteiger partial charge in [-0.25, -0.2) is 15.0 Å². The Balaban J connectivity index is 1.41. The second-order valence-electron chi connectivity index (χ2n) is 7.69. The molecule has 0 spiro atoms. The summed E-state index contributed by atoms with van der Waals surface area (Å²) in [4.78, 5) is 32.2. The number of fused-ring (bicyclic) bond motifs is 1. The molecule has 0 atom stereocenters. The molecule has 1 fully saturated rings. The Kier molecular flexibility index (Phi) is 6.09. The van der Waals surface area contributed by atoms with Gasteiger partial charge in [0.05, 0.1) is 30.8 Å². The third kappa shape index (κ3) is 4.69. The third-order valence-electron chi connectivity index (χ3n) is 5.43. The van der Waals surface area contributed by atoms with Crippen LogP contribution in [0.2, 0.25) is 0 Å². The zero-order chi connectivity index (χ0) is 23.3. The summed E-state index contributed by atoms with van der Waals surface area (Å²) in [5.41, 5.74) is 3.66. The highest BCUT2D eigenvalue weighted by atomic mass is 16.5. The topological polar surface area (TPSA) is 105 Å². The predicted molar refractivity (Wildman–Crippen MR) is 132 cm³/mol. The number of anilines is 4. The second-order valence-corrected chi connectivity index (χ2v) is 7.69. The summed E-state index contributed by atoms with van der Waals surface area (Å²) in [6.45, 7) is 6.59. The summed E-state index contributed by atoms with van der Waals surface area (Å²) < 4.78 is 5.40. The maximum atomic E-state index is 11.7. The number of pyridine rings is 2. The average Bonchev–Trinajstić information content (AvgIpc) is 2.89. The second kappa shape index (κ2) is 9.63. The molecule has 1 amide bonds. The van der Waals surface area contributed by atoms with Crippen molar-refractivity contribution in [2.45, 2.75) is 0 Å². The number of benzene rings is 1. The van der Waals surface area contributed by atoms with Crippen LogP contribution in [0.1, 0.15) is 0 Å². The molecule has 0 unspecified atom stereocenters. The first-order valence-electron chi connectivity index (χ1n) is 10.9. The summed E-state index contributed by atoms with van der Waals surface area (Å²) >= 11 is 0. The molecule has 4 heterocycles. The van der Waals surface area contributed by atoms with E-state index >= 15 is 0 Å². The van der Waals surface area contributed by atoms with E-state index in [0.29, 0.717) is 36.1 Å². The number of hydrogen-bond acceptors (Lipinski definition) is 8. The first-order chi connectivity index (χ1) is 16.7. The minimum atomic E-state index is -0.273. The Labute approximate surface area is 196 Å². The number of carbonyl (C=O) groups is 1. The van der Waals surface area contributed by atoms with Crippen molar-refractivity contribution >= 4 is 40.0 Å². The Bertz CT molecular complexity index is 1330. The normalized spacial score (nSPS) is 13.5. The Morgan fingerprint density at radius 1 is 1.03 bits per heavy atom. The molecule has 3 aromatic heterocycles. The number of morpholine rings is 1. The van der Waals surface area contributed by atoms with Gasteiger partial charge in [-0.15, -0.1) is 0 Å². The van der Waals surface area contributed by atoms with E-state index in [4.69, 9.17) is 9.72 Å². The SMILES string of the molecule is C=CC(=O)Nc1cccc(-c2nccc3cnc(Nc4ccc(N5CCOCC5)nc4)nc23)c1. The van der Waals surface area contributed by atoms with Crippen LogP contribution >= 0.6 is 0 Å². The lowest BCUT2D eigenvalue weighted by molar-refractivity contribution is -0.111. The van der Waals surface area contributed by atoms with Gasteiger partial charge in [0.15, 0.2) is 0 Å². The van der Waals surface area contributed by atoms with Crippen molar-refractivity contribution in [2.24, 2.45) is 0 Å². The van der Waals surface area contributed by atoms with Crippen molar-refractivity contribution in [3.05, 3.63) is 73.7 Å². The van der Waals surface area contributed by atoms with Crippen molar-refractivity contribution in [3.8, 4) is 11.3 Å². The van der Waals surface area contributed by atoms with Crippen molar-refractivity contribution in [1.82, 2.24) is 19.9 Å². The predicted octanol–water partition coefficient (Wildman–Crippen LogP) is 3.79. The zero-order valence-corrected chi connectivity index (χ0v) is 18.4. The number of hydrogen-bond donors (Lipinski definition) is 2. The van der Waals surface area contributed by atoms with Crippen molar-refractivity contribution in [3.63, 3.8) is 0 Å². The van der Waals surface area contributed by atoms with E-state index in [0.717, 1.165) is 35.5 Å². The maximum absolute atomic E-state index is 11.7. The molecule has 0 saturated carbocycles. The van der Waals surface area contributed by atoms with E-state index in [1.807, 2.05) is 42.5 Å². The van der Waals surface area contributed by atoms with E-state index < -0.39 is 0 Å². The highest BCUT2D eigenvalue weighted by Gasteiger charge is 2.13. The molecule has 9 heteroatoms. The molecular weight excluding hydrogens is 430 g/mol. The number of ether oxygens (including phenoxy) is 1. The highest BCUT2D eigenvalue weighted by Crippen LogP contribution is 2.28. The van der Waals surface area contributed by atoms with E-state index in [-0.39, 0.29) is 5.91 Å². The Morgan fingerprint density at radius 3 is 2.71 bits per heavy atom. The molecule has 1 aliphatic heterocycles. The van der Waals surface area contributed by atoms with Crippen molar-refractivity contribution in [2.75, 3.05) is 41.8 Å². The maximum Gasteiger partial charge on any atom is 0.247 e. The van der Waals surface area contributed by atoms with Crippen LogP contribution in [0, 0.1) is 0 Å². The van der Waals surface area contributed by atoms with E-state index in [9.17, 15) is 4.79 Å². The number of rotatable bonds is 6. The molecule has 34 heavy (non-hydrogen) atoms. The molecule has 0 radical (unpaired) electrons. The summed E-state index contributed by atoms with van der Waals surface area (Å²) in [6, 6.07) is 13.3. The van der Waals surface area contributed by atoms with Gasteiger partial charge in [-0.2, -0.15) is 0 Å². The van der Waals surface area contributed by atoms with Crippen molar-refractivity contribution in [1.29, 1.82) is 0 Å². The molecule has 1 aliphatic rings. The van der Waals surface area contributed by atoms with Gasteiger partial charge in [-0.05, 0) is 36.4 Å². The van der Waals surface area contributed by atoms with Crippen LogP contribution in [0.5, 0.6) is 0 Å². The van der Waals surface area contributed by atoms with Crippen LogP contribution < -0.4 is 15.5 Å². The first kappa shape index (κ1) is 21.5. The molecular formula is C25H23N7O2. The quantitative estimate of drug-likeness (QED) is 0.425. The van der Waals surface area contributed by atoms with E-state index in [2.05, 4.69) is 37.1 Å². The number of amides is 1. The number of carbonyl (C=O) groups excluding carboxylic acids is 1. The first-order valence-corrected chi connectivity index (χ1v) is 10.9. The molecule has 4 aromatic rings. The Morgan fingerprint density at radius 2 is 1.91 bits per heavy atom. The van der Waals surface area contributed by atoms with Crippen molar-refractivity contribution < 1.29 is 9.53 Å². The fraction of sp³-hybridized carbons (Fsp3) is 0.160. The van der Waals surface area contributed by atoms with E-state index in [1.54, 1.807) is 18.6 Å². The monoisotopic (exact) mass is 453 g/mol. The fourth-order valence-electron chi connectivity index (χ4n) is 3.73. The van der Waals surface area contributed by atoms with Gasteiger partial charge in [0.2, 0.25) is 11.9 Å². The third-order valence-corrected chi connectivity index (χ3v) is 5.43. The lowest BCUT2D eigenvalue weighted by Crippen LogP contribution is -2.36. The summed E-state index contributed by atoms with van der Waals surface area (Å²) in [5, 5.41) is 6.86. The van der Waals surface area contributed by atoms with Gasteiger partial charge >= 0.3 is 0 Å². The van der Waals surface area contributed by atoms with Crippen LogP contribution in [-0.4, -0.2) is 52.1 Å². The van der Waals surface area contributed by atoms with Crippen LogP contribution in [0.15, 0.2) is 73.7 Å². The van der Waals surface area contributed by atoms with Gasteiger partial charge in [0.25, 0.3) is 0 Å². The molecule has 1 aromatic carbocycles. The van der Waals surface area contributed by atoms with Crippen LogP contribution in [0.25, 0.3) is 22.2 Å². The molecule has 0 bridgehead atoms.